The molecule has 0 bridgehead atoms. The fraction of sp³-hybridized carbons (Fsp3) is 0.875. The smallest absolute Gasteiger partial charge is 0.0707 e. The Balaban J connectivity index is 2.30. The first kappa shape index (κ1) is 14.9. The third-order valence-corrected chi connectivity index (χ3v) is 4.58. The van der Waals surface area contributed by atoms with E-state index < -0.39 is 0 Å². The van der Waals surface area contributed by atoms with Gasteiger partial charge in [-0.25, -0.2) is 0 Å². The van der Waals surface area contributed by atoms with Crippen LogP contribution in [0.1, 0.15) is 65.7 Å². The highest BCUT2D eigenvalue weighted by atomic mass is 14.3. The Kier molecular flexibility index (Phi) is 7.00. The number of hydrogen-bond donors (Lipinski definition) is 0. The van der Waals surface area contributed by atoms with Crippen LogP contribution in [0, 0.1) is 17.8 Å². The van der Waals surface area contributed by atoms with E-state index in [9.17, 15) is 0 Å². The van der Waals surface area contributed by atoms with Crippen LogP contribution in [0.15, 0.2) is 12.2 Å². The highest BCUT2D eigenvalue weighted by Gasteiger charge is 2.30. The SMILES string of the molecule is [B]C(C/C=C\C)C1CCC(C(C)CCCC)C1. The fourth-order valence-corrected chi connectivity index (χ4v) is 3.21. The maximum Gasteiger partial charge on any atom is 0.0707 e. The molecular formula is C16H29B. The van der Waals surface area contributed by atoms with Crippen LogP contribution in [0.5, 0.6) is 0 Å². The first-order valence-electron chi connectivity index (χ1n) is 7.55. The first-order valence-corrected chi connectivity index (χ1v) is 7.55. The Hall–Kier alpha value is -0.195. The molecule has 1 aliphatic rings. The van der Waals surface area contributed by atoms with Gasteiger partial charge in [0.1, 0.15) is 0 Å². The molecule has 96 valence electrons. The Labute approximate surface area is 110 Å². The van der Waals surface area contributed by atoms with E-state index >= 15 is 0 Å². The highest BCUT2D eigenvalue weighted by molar-refractivity contribution is 6.11. The van der Waals surface area contributed by atoms with E-state index in [0.717, 1.165) is 24.2 Å². The lowest BCUT2D eigenvalue weighted by Crippen LogP contribution is -2.10. The van der Waals surface area contributed by atoms with E-state index in [1.165, 1.54) is 38.5 Å². The second-order valence-corrected chi connectivity index (χ2v) is 5.92. The third-order valence-electron chi connectivity index (χ3n) is 4.58. The summed E-state index contributed by atoms with van der Waals surface area (Å²) in [7, 11) is 6.28. The van der Waals surface area contributed by atoms with E-state index in [1.807, 2.05) is 0 Å². The Morgan fingerprint density at radius 3 is 2.65 bits per heavy atom. The molecule has 0 amide bonds. The van der Waals surface area contributed by atoms with E-state index in [-0.39, 0.29) is 0 Å². The highest BCUT2D eigenvalue weighted by Crippen LogP contribution is 2.43. The molecule has 0 aromatic heterocycles. The summed E-state index contributed by atoms with van der Waals surface area (Å²) in [5.41, 5.74) is 0. The Morgan fingerprint density at radius 2 is 2.00 bits per heavy atom. The summed E-state index contributed by atoms with van der Waals surface area (Å²) >= 11 is 0. The molecule has 0 aromatic rings. The third kappa shape index (κ3) is 4.90. The number of unbranched alkanes of at least 4 members (excludes halogenated alkanes) is 1. The van der Waals surface area contributed by atoms with Gasteiger partial charge in [-0.2, -0.15) is 0 Å². The summed E-state index contributed by atoms with van der Waals surface area (Å²) < 4.78 is 0. The zero-order valence-electron chi connectivity index (χ0n) is 12.0. The van der Waals surface area contributed by atoms with Gasteiger partial charge in [0.15, 0.2) is 0 Å². The summed E-state index contributed by atoms with van der Waals surface area (Å²) in [5.74, 6) is 3.03. The van der Waals surface area contributed by atoms with Crippen LogP contribution in [0.2, 0.25) is 5.82 Å². The maximum atomic E-state index is 6.28. The molecule has 0 spiro atoms. The van der Waals surface area contributed by atoms with Crippen molar-refractivity contribution in [3.8, 4) is 0 Å². The van der Waals surface area contributed by atoms with E-state index in [1.54, 1.807) is 0 Å². The lowest BCUT2D eigenvalue weighted by molar-refractivity contribution is 0.324. The van der Waals surface area contributed by atoms with Gasteiger partial charge >= 0.3 is 0 Å². The van der Waals surface area contributed by atoms with Crippen molar-refractivity contribution in [2.24, 2.45) is 17.8 Å². The van der Waals surface area contributed by atoms with Crippen molar-refractivity contribution in [2.75, 3.05) is 0 Å². The lowest BCUT2D eigenvalue weighted by atomic mass is 9.72. The fourth-order valence-electron chi connectivity index (χ4n) is 3.21. The molecule has 1 rings (SSSR count). The van der Waals surface area contributed by atoms with E-state index in [2.05, 4.69) is 32.9 Å². The monoisotopic (exact) mass is 232 g/mol. The maximum absolute atomic E-state index is 6.28. The van der Waals surface area contributed by atoms with Crippen molar-refractivity contribution >= 4 is 7.85 Å². The average molecular weight is 232 g/mol. The van der Waals surface area contributed by atoms with Gasteiger partial charge in [-0.15, -0.1) is 0 Å². The molecule has 1 heteroatoms. The van der Waals surface area contributed by atoms with E-state index in [4.69, 9.17) is 7.85 Å². The molecule has 1 aliphatic carbocycles. The van der Waals surface area contributed by atoms with Gasteiger partial charge < -0.3 is 0 Å². The number of rotatable bonds is 7. The molecule has 0 heterocycles. The average Bonchev–Trinajstić information content (AvgIpc) is 2.82. The molecule has 1 saturated carbocycles. The zero-order chi connectivity index (χ0) is 12.7. The van der Waals surface area contributed by atoms with Gasteiger partial charge in [-0.1, -0.05) is 57.5 Å². The van der Waals surface area contributed by atoms with Crippen LogP contribution in [-0.2, 0) is 0 Å². The molecule has 4 atom stereocenters. The van der Waals surface area contributed by atoms with Crippen molar-refractivity contribution in [3.63, 3.8) is 0 Å². The second-order valence-electron chi connectivity index (χ2n) is 5.92. The van der Waals surface area contributed by atoms with Gasteiger partial charge in [0.2, 0.25) is 0 Å². The molecule has 0 saturated heterocycles. The molecule has 0 N–H and O–H groups in total. The summed E-state index contributed by atoms with van der Waals surface area (Å²) in [6, 6.07) is 0. The minimum absolute atomic E-state index is 0.398. The van der Waals surface area contributed by atoms with Crippen LogP contribution in [-0.4, -0.2) is 7.85 Å². The minimum atomic E-state index is 0.398. The lowest BCUT2D eigenvalue weighted by Gasteiger charge is -2.21. The zero-order valence-corrected chi connectivity index (χ0v) is 12.0. The van der Waals surface area contributed by atoms with Crippen molar-refractivity contribution < 1.29 is 0 Å². The van der Waals surface area contributed by atoms with Crippen molar-refractivity contribution in [1.82, 2.24) is 0 Å². The standard InChI is InChI=1S/C16H29B/c1-4-6-8-13(3)14-10-11-15(12-14)16(17)9-7-5-2/h5,7,13-16H,4,6,8-12H2,1-3H3/b7-5-. The van der Waals surface area contributed by atoms with Crippen molar-refractivity contribution in [3.05, 3.63) is 12.2 Å². The summed E-state index contributed by atoms with van der Waals surface area (Å²) in [5, 5.41) is 0. The molecule has 2 radical (unpaired) electrons. The predicted octanol–water partition coefficient (Wildman–Crippen LogP) is 5.15. The minimum Gasteiger partial charge on any atom is -0.0917 e. The molecule has 17 heavy (non-hydrogen) atoms. The molecule has 4 unspecified atom stereocenters. The molecule has 0 aromatic carbocycles. The van der Waals surface area contributed by atoms with Gasteiger partial charge in [-0.05, 0) is 43.9 Å². The van der Waals surface area contributed by atoms with Crippen LogP contribution in [0.25, 0.3) is 0 Å². The van der Waals surface area contributed by atoms with Crippen LogP contribution in [0.3, 0.4) is 0 Å². The number of hydrogen-bond acceptors (Lipinski definition) is 0. The number of allylic oxidation sites excluding steroid dienone is 2. The van der Waals surface area contributed by atoms with Gasteiger partial charge in [0, 0.05) is 0 Å². The van der Waals surface area contributed by atoms with Crippen LogP contribution in [0.4, 0.5) is 0 Å². The summed E-state index contributed by atoms with van der Waals surface area (Å²) in [4.78, 5) is 0. The van der Waals surface area contributed by atoms with E-state index in [0.29, 0.717) is 5.82 Å². The van der Waals surface area contributed by atoms with Crippen LogP contribution < -0.4 is 0 Å². The van der Waals surface area contributed by atoms with Crippen molar-refractivity contribution in [1.29, 1.82) is 0 Å². The Morgan fingerprint density at radius 1 is 1.29 bits per heavy atom. The molecule has 0 nitrogen and oxygen atoms in total. The topological polar surface area (TPSA) is 0 Å². The van der Waals surface area contributed by atoms with Gasteiger partial charge in [0.25, 0.3) is 0 Å². The molecule has 1 fully saturated rings. The largest absolute Gasteiger partial charge is 0.0917 e. The normalized spacial score (nSPS) is 28.6. The van der Waals surface area contributed by atoms with Crippen LogP contribution >= 0.6 is 0 Å². The van der Waals surface area contributed by atoms with Gasteiger partial charge in [0.05, 0.1) is 7.85 Å². The quantitative estimate of drug-likeness (QED) is 0.420. The van der Waals surface area contributed by atoms with Gasteiger partial charge in [-0.3, -0.25) is 0 Å². The summed E-state index contributed by atoms with van der Waals surface area (Å²) in [6.45, 7) is 6.81. The first-order chi connectivity index (χ1) is 8.19. The Bertz CT molecular complexity index is 222. The molecule has 0 aliphatic heterocycles. The summed E-state index contributed by atoms with van der Waals surface area (Å²) in [6.07, 6.45) is 13.7. The molecular weight excluding hydrogens is 203 g/mol. The predicted molar refractivity (Wildman–Crippen MR) is 78.5 cm³/mol. The van der Waals surface area contributed by atoms with Crippen molar-refractivity contribution in [2.45, 2.75) is 71.5 Å². The second kappa shape index (κ2) is 8.00.